The molecule has 2 aromatic heterocycles. The van der Waals surface area contributed by atoms with Crippen LogP contribution in [0.15, 0.2) is 60.9 Å². The van der Waals surface area contributed by atoms with Gasteiger partial charge in [0.25, 0.3) is 0 Å². The van der Waals surface area contributed by atoms with Gasteiger partial charge in [0.1, 0.15) is 5.82 Å². The average molecular weight is 370 g/mol. The fraction of sp³-hybridized carbons (Fsp3) is 0.250. The number of anilines is 3. The smallest absolute Gasteiger partial charge is 0.222 e. The molecular weight excluding hydrogens is 342 g/mol. The maximum absolute atomic E-state index is 5.61. The first kappa shape index (κ1) is 21.4. The van der Waals surface area contributed by atoms with Crippen molar-refractivity contribution in [2.45, 2.75) is 26.5 Å². The summed E-state index contributed by atoms with van der Waals surface area (Å²) in [5, 5.41) is 3.22. The molecule has 138 valence electrons. The molecule has 1 aromatic carbocycles. The zero-order chi connectivity index (χ0) is 19.2. The molecule has 0 aliphatic rings. The topological polar surface area (TPSA) is 76.7 Å². The van der Waals surface area contributed by atoms with Crippen molar-refractivity contribution in [2.24, 2.45) is 0 Å². The van der Waals surface area contributed by atoms with Crippen molar-refractivity contribution in [2.75, 3.05) is 17.3 Å². The Morgan fingerprint density at radius 3 is 2.12 bits per heavy atom. The summed E-state index contributed by atoms with van der Waals surface area (Å²) in [6, 6.07) is 15.9. The van der Waals surface area contributed by atoms with Gasteiger partial charge in [-0.15, -0.1) is 0 Å². The van der Waals surface area contributed by atoms with E-state index in [0.717, 1.165) is 23.0 Å². The Morgan fingerprint density at radius 2 is 1.65 bits per heavy atom. The van der Waals surface area contributed by atoms with E-state index in [1.807, 2.05) is 68.9 Å². The lowest BCUT2D eigenvalue weighted by Gasteiger charge is -2.07. The summed E-state index contributed by atoms with van der Waals surface area (Å²) >= 11 is 1.81. The fourth-order valence-electron chi connectivity index (χ4n) is 1.97. The van der Waals surface area contributed by atoms with Crippen LogP contribution in [0.1, 0.15) is 25.1 Å². The standard InChI is InChI=1S/C13H16N4S.C5H5N.C2H6/c1-9-7-12(17-13(14)15-9)16-11-5-3-10(4-6-11)8-18-2;1-2-4-6-5-3-1;1-2/h3-7H,8H2,1-2H3,(H3,14,15,16,17);1-5H;1-2H3. The number of nitrogens with one attached hydrogen (secondary N) is 1. The number of aromatic nitrogens is 3. The van der Waals surface area contributed by atoms with E-state index in [4.69, 9.17) is 5.73 Å². The minimum Gasteiger partial charge on any atom is -0.368 e. The number of thioether (sulfide) groups is 1. The van der Waals surface area contributed by atoms with Gasteiger partial charge in [-0.1, -0.05) is 32.0 Å². The highest BCUT2D eigenvalue weighted by Gasteiger charge is 2.00. The Kier molecular flexibility index (Phi) is 10.5. The van der Waals surface area contributed by atoms with Crippen molar-refractivity contribution in [3.63, 3.8) is 0 Å². The van der Waals surface area contributed by atoms with E-state index < -0.39 is 0 Å². The van der Waals surface area contributed by atoms with Gasteiger partial charge in [-0.25, -0.2) is 4.98 Å². The van der Waals surface area contributed by atoms with Gasteiger partial charge in [0.05, 0.1) is 0 Å². The van der Waals surface area contributed by atoms with Gasteiger partial charge in [0.2, 0.25) is 5.95 Å². The van der Waals surface area contributed by atoms with Crippen LogP contribution in [-0.4, -0.2) is 21.2 Å². The van der Waals surface area contributed by atoms with Crippen LogP contribution in [0.3, 0.4) is 0 Å². The first-order valence-electron chi connectivity index (χ1n) is 8.48. The minimum atomic E-state index is 0.288. The molecule has 0 amide bonds. The predicted molar refractivity (Wildman–Crippen MR) is 114 cm³/mol. The lowest BCUT2D eigenvalue weighted by Crippen LogP contribution is -2.01. The van der Waals surface area contributed by atoms with Gasteiger partial charge in [0.15, 0.2) is 0 Å². The number of benzene rings is 1. The lowest BCUT2D eigenvalue weighted by molar-refractivity contribution is 1.12. The van der Waals surface area contributed by atoms with Gasteiger partial charge in [0, 0.05) is 35.6 Å². The van der Waals surface area contributed by atoms with Crippen molar-refractivity contribution in [1.82, 2.24) is 15.0 Å². The van der Waals surface area contributed by atoms with Crippen molar-refractivity contribution < 1.29 is 0 Å². The van der Waals surface area contributed by atoms with E-state index in [2.05, 4.69) is 38.7 Å². The predicted octanol–water partition coefficient (Wildman–Crippen LogP) is 5.08. The Bertz CT molecular complexity index is 686. The second-order valence-corrected chi connectivity index (χ2v) is 5.90. The summed E-state index contributed by atoms with van der Waals surface area (Å²) in [7, 11) is 0. The molecule has 2 heterocycles. The van der Waals surface area contributed by atoms with Crippen LogP contribution in [0.2, 0.25) is 0 Å². The van der Waals surface area contributed by atoms with Gasteiger partial charge < -0.3 is 11.1 Å². The number of nitrogens with zero attached hydrogens (tertiary/aromatic N) is 3. The third-order valence-electron chi connectivity index (χ3n) is 2.98. The average Bonchev–Trinajstić information content (AvgIpc) is 2.66. The summed E-state index contributed by atoms with van der Waals surface area (Å²) in [4.78, 5) is 12.0. The molecule has 3 aromatic rings. The Labute approximate surface area is 160 Å². The van der Waals surface area contributed by atoms with E-state index in [1.165, 1.54) is 5.56 Å². The van der Waals surface area contributed by atoms with E-state index in [1.54, 1.807) is 12.4 Å². The van der Waals surface area contributed by atoms with Gasteiger partial charge >= 0.3 is 0 Å². The van der Waals surface area contributed by atoms with Gasteiger partial charge in [-0.2, -0.15) is 16.7 Å². The van der Waals surface area contributed by atoms with E-state index >= 15 is 0 Å². The molecule has 3 rings (SSSR count). The summed E-state index contributed by atoms with van der Waals surface area (Å²) in [5.41, 5.74) is 8.77. The minimum absolute atomic E-state index is 0.288. The van der Waals surface area contributed by atoms with Crippen molar-refractivity contribution in [3.8, 4) is 0 Å². The number of hydrogen-bond acceptors (Lipinski definition) is 6. The van der Waals surface area contributed by atoms with E-state index in [0.29, 0.717) is 0 Å². The highest BCUT2D eigenvalue weighted by Crippen LogP contribution is 2.18. The van der Waals surface area contributed by atoms with Gasteiger partial charge in [-0.05, 0) is 43.0 Å². The SMILES string of the molecule is CC.CSCc1ccc(Nc2cc(C)nc(N)n2)cc1.c1ccncc1. The molecule has 0 bridgehead atoms. The van der Waals surface area contributed by atoms with Crippen molar-refractivity contribution >= 4 is 29.2 Å². The van der Waals surface area contributed by atoms with Crippen molar-refractivity contribution in [1.29, 1.82) is 0 Å². The molecule has 0 fully saturated rings. The monoisotopic (exact) mass is 369 g/mol. The molecule has 5 nitrogen and oxygen atoms in total. The summed E-state index contributed by atoms with van der Waals surface area (Å²) < 4.78 is 0. The zero-order valence-corrected chi connectivity index (χ0v) is 16.6. The number of pyridine rings is 1. The molecule has 6 heteroatoms. The molecule has 0 saturated heterocycles. The quantitative estimate of drug-likeness (QED) is 0.668. The van der Waals surface area contributed by atoms with Crippen LogP contribution in [-0.2, 0) is 5.75 Å². The lowest BCUT2D eigenvalue weighted by atomic mass is 10.2. The first-order valence-corrected chi connectivity index (χ1v) is 9.88. The largest absolute Gasteiger partial charge is 0.368 e. The Morgan fingerprint density at radius 1 is 1.00 bits per heavy atom. The summed E-state index contributed by atoms with van der Waals surface area (Å²) in [5.74, 6) is 2.04. The molecular formula is C20H27N5S. The van der Waals surface area contributed by atoms with Crippen LogP contribution in [0, 0.1) is 6.92 Å². The van der Waals surface area contributed by atoms with Gasteiger partial charge in [-0.3, -0.25) is 4.98 Å². The molecule has 26 heavy (non-hydrogen) atoms. The molecule has 0 atom stereocenters. The molecule has 0 spiro atoms. The first-order chi connectivity index (χ1) is 12.7. The second-order valence-electron chi connectivity index (χ2n) is 5.03. The van der Waals surface area contributed by atoms with Crippen LogP contribution >= 0.6 is 11.8 Å². The number of nitrogens with two attached hydrogens (primary N) is 1. The Balaban J connectivity index is 0.000000353. The van der Waals surface area contributed by atoms with Crippen LogP contribution in [0.4, 0.5) is 17.5 Å². The number of hydrogen-bond donors (Lipinski definition) is 2. The van der Waals surface area contributed by atoms with E-state index in [-0.39, 0.29) is 5.95 Å². The molecule has 0 aliphatic heterocycles. The maximum Gasteiger partial charge on any atom is 0.222 e. The number of nitrogen functional groups attached to an aromatic ring is 1. The van der Waals surface area contributed by atoms with Crippen LogP contribution in [0.5, 0.6) is 0 Å². The molecule has 0 radical (unpaired) electrons. The second kappa shape index (κ2) is 12.7. The zero-order valence-electron chi connectivity index (χ0n) is 15.8. The fourth-order valence-corrected chi connectivity index (χ4v) is 2.49. The third kappa shape index (κ3) is 8.48. The van der Waals surface area contributed by atoms with Crippen LogP contribution in [0.25, 0.3) is 0 Å². The number of aryl methyl sites for hydroxylation is 1. The normalized spacial score (nSPS) is 9.23. The third-order valence-corrected chi connectivity index (χ3v) is 3.60. The molecule has 0 saturated carbocycles. The highest BCUT2D eigenvalue weighted by molar-refractivity contribution is 7.97. The van der Waals surface area contributed by atoms with E-state index in [9.17, 15) is 0 Å². The summed E-state index contributed by atoms with van der Waals surface area (Å²) in [6.45, 7) is 5.89. The van der Waals surface area contributed by atoms with Crippen LogP contribution < -0.4 is 11.1 Å². The van der Waals surface area contributed by atoms with Crippen molar-refractivity contribution in [3.05, 3.63) is 72.2 Å². The molecule has 0 unspecified atom stereocenters. The highest BCUT2D eigenvalue weighted by atomic mass is 32.2. The summed E-state index contributed by atoms with van der Waals surface area (Å²) in [6.07, 6.45) is 5.60. The molecule has 3 N–H and O–H groups in total. The maximum atomic E-state index is 5.61. The molecule has 0 aliphatic carbocycles. The number of rotatable bonds is 4. The Hall–Kier alpha value is -2.60.